The predicted octanol–water partition coefficient (Wildman–Crippen LogP) is 2.90. The molecule has 7 heteroatoms. The number of nitrogen functional groups attached to an aromatic ring is 1. The Bertz CT molecular complexity index is 542. The third-order valence-corrected chi connectivity index (χ3v) is 2.41. The Hall–Kier alpha value is -2.05. The summed E-state index contributed by atoms with van der Waals surface area (Å²) >= 11 is 0. The van der Waals surface area contributed by atoms with Crippen molar-refractivity contribution in [3.05, 3.63) is 35.6 Å². The molecule has 3 N–H and O–H groups in total. The second-order valence-corrected chi connectivity index (χ2v) is 3.76. The zero-order chi connectivity index (χ0) is 13.3. The fourth-order valence-electron chi connectivity index (χ4n) is 1.61. The van der Waals surface area contributed by atoms with Gasteiger partial charge in [0.15, 0.2) is 0 Å². The third-order valence-electron chi connectivity index (χ3n) is 2.41. The van der Waals surface area contributed by atoms with Gasteiger partial charge < -0.3 is 5.73 Å². The summed E-state index contributed by atoms with van der Waals surface area (Å²) in [4.78, 5) is 0. The number of aromatic nitrogens is 2. The zero-order valence-electron chi connectivity index (χ0n) is 9.05. The molecule has 0 aliphatic heterocycles. The Kier molecular flexibility index (Phi) is 2.98. The first kappa shape index (κ1) is 12.4. The lowest BCUT2D eigenvalue weighted by Crippen LogP contribution is -2.13. The first-order valence-electron chi connectivity index (χ1n) is 5.02. The summed E-state index contributed by atoms with van der Waals surface area (Å²) in [6.07, 6.45) is -5.56. The molecule has 3 nitrogen and oxygen atoms in total. The van der Waals surface area contributed by atoms with Crippen molar-refractivity contribution in [2.45, 2.75) is 12.6 Å². The Morgan fingerprint density at radius 2 is 1.78 bits per heavy atom. The van der Waals surface area contributed by atoms with E-state index < -0.39 is 18.4 Å². The summed E-state index contributed by atoms with van der Waals surface area (Å²) < 4.78 is 50.0. The molecule has 0 bridgehead atoms. The lowest BCUT2D eigenvalue weighted by molar-refractivity contribution is -0.127. The van der Waals surface area contributed by atoms with E-state index >= 15 is 0 Å². The maximum Gasteiger partial charge on any atom is 0.393 e. The zero-order valence-corrected chi connectivity index (χ0v) is 9.05. The minimum Gasteiger partial charge on any atom is -0.382 e. The van der Waals surface area contributed by atoms with Crippen molar-refractivity contribution >= 4 is 5.82 Å². The van der Waals surface area contributed by atoms with E-state index in [2.05, 4.69) is 10.2 Å². The molecule has 1 aromatic carbocycles. The van der Waals surface area contributed by atoms with Gasteiger partial charge in [0, 0.05) is 11.1 Å². The molecule has 0 radical (unpaired) electrons. The molecule has 0 saturated heterocycles. The van der Waals surface area contributed by atoms with Crippen LogP contribution in [0.25, 0.3) is 11.3 Å². The molecule has 2 rings (SSSR count). The van der Waals surface area contributed by atoms with E-state index in [9.17, 15) is 17.6 Å². The number of nitrogens with one attached hydrogen (secondary N) is 1. The van der Waals surface area contributed by atoms with Crippen LogP contribution >= 0.6 is 0 Å². The van der Waals surface area contributed by atoms with Crippen LogP contribution in [0.3, 0.4) is 0 Å². The van der Waals surface area contributed by atoms with Crippen molar-refractivity contribution in [3.63, 3.8) is 0 Å². The summed E-state index contributed by atoms with van der Waals surface area (Å²) in [6, 6.07) is 5.04. The van der Waals surface area contributed by atoms with Crippen molar-refractivity contribution in [2.75, 3.05) is 5.73 Å². The number of benzene rings is 1. The van der Waals surface area contributed by atoms with Gasteiger partial charge in [-0.1, -0.05) is 0 Å². The maximum absolute atomic E-state index is 12.7. The van der Waals surface area contributed by atoms with E-state index in [4.69, 9.17) is 5.73 Å². The van der Waals surface area contributed by atoms with Crippen molar-refractivity contribution in [2.24, 2.45) is 0 Å². The largest absolute Gasteiger partial charge is 0.393 e. The molecule has 0 spiro atoms. The van der Waals surface area contributed by atoms with Crippen LogP contribution in [0.15, 0.2) is 24.3 Å². The highest BCUT2D eigenvalue weighted by molar-refractivity contribution is 5.68. The number of alkyl halides is 3. The van der Waals surface area contributed by atoms with Crippen LogP contribution in [0.5, 0.6) is 0 Å². The van der Waals surface area contributed by atoms with Gasteiger partial charge in [-0.3, -0.25) is 5.10 Å². The minimum absolute atomic E-state index is 0.130. The molecule has 0 aliphatic carbocycles. The van der Waals surface area contributed by atoms with Crippen LogP contribution in [0, 0.1) is 5.82 Å². The SMILES string of the molecule is Nc1n[nH]c(-c2ccc(F)cc2)c1CC(F)(F)F. The average molecular weight is 259 g/mol. The van der Waals surface area contributed by atoms with Gasteiger partial charge in [-0.2, -0.15) is 18.3 Å². The summed E-state index contributed by atoms with van der Waals surface area (Å²) in [5.74, 6) is -0.671. The van der Waals surface area contributed by atoms with Crippen LogP contribution < -0.4 is 5.73 Å². The number of aromatic amines is 1. The van der Waals surface area contributed by atoms with Gasteiger partial charge in [-0.15, -0.1) is 0 Å². The van der Waals surface area contributed by atoms with E-state index in [-0.39, 0.29) is 17.1 Å². The molecule has 0 amide bonds. The number of anilines is 1. The molecule has 0 unspecified atom stereocenters. The topological polar surface area (TPSA) is 54.7 Å². The number of halogens is 4. The van der Waals surface area contributed by atoms with Crippen LogP contribution in [-0.4, -0.2) is 16.4 Å². The Morgan fingerprint density at radius 1 is 1.17 bits per heavy atom. The number of nitrogens with two attached hydrogens (primary N) is 1. The van der Waals surface area contributed by atoms with Gasteiger partial charge >= 0.3 is 6.18 Å². The maximum atomic E-state index is 12.7. The molecule has 96 valence electrons. The van der Waals surface area contributed by atoms with E-state index in [1.165, 1.54) is 12.1 Å². The van der Waals surface area contributed by atoms with Crippen molar-refractivity contribution < 1.29 is 17.6 Å². The summed E-state index contributed by atoms with van der Waals surface area (Å²) in [6.45, 7) is 0. The molecule has 18 heavy (non-hydrogen) atoms. The number of hydrogen-bond acceptors (Lipinski definition) is 2. The van der Waals surface area contributed by atoms with Crippen molar-refractivity contribution in [1.82, 2.24) is 10.2 Å². The van der Waals surface area contributed by atoms with E-state index in [1.807, 2.05) is 0 Å². The number of H-pyrrole nitrogens is 1. The molecule has 2 aromatic rings. The van der Waals surface area contributed by atoms with E-state index in [0.29, 0.717) is 5.56 Å². The summed E-state index contributed by atoms with van der Waals surface area (Å²) in [5, 5.41) is 5.99. The van der Waals surface area contributed by atoms with E-state index in [0.717, 1.165) is 12.1 Å². The summed E-state index contributed by atoms with van der Waals surface area (Å²) in [5.41, 5.74) is 5.83. The molecule has 1 heterocycles. The molecule has 0 fully saturated rings. The second-order valence-electron chi connectivity index (χ2n) is 3.76. The Morgan fingerprint density at radius 3 is 2.33 bits per heavy atom. The first-order valence-corrected chi connectivity index (χ1v) is 5.02. The fraction of sp³-hybridized carbons (Fsp3) is 0.182. The molecule has 0 atom stereocenters. The fourth-order valence-corrected chi connectivity index (χ4v) is 1.61. The average Bonchev–Trinajstić information content (AvgIpc) is 2.60. The van der Waals surface area contributed by atoms with Crippen LogP contribution in [-0.2, 0) is 6.42 Å². The monoisotopic (exact) mass is 259 g/mol. The minimum atomic E-state index is -4.38. The van der Waals surface area contributed by atoms with Gasteiger partial charge in [-0.25, -0.2) is 4.39 Å². The van der Waals surface area contributed by atoms with Crippen molar-refractivity contribution in [1.29, 1.82) is 0 Å². The van der Waals surface area contributed by atoms with Crippen LogP contribution in [0.4, 0.5) is 23.4 Å². The predicted molar refractivity (Wildman–Crippen MR) is 58.2 cm³/mol. The van der Waals surface area contributed by atoms with E-state index in [1.54, 1.807) is 0 Å². The Labute approximate surface area is 99.6 Å². The van der Waals surface area contributed by atoms with Crippen molar-refractivity contribution in [3.8, 4) is 11.3 Å². The lowest BCUT2D eigenvalue weighted by atomic mass is 10.1. The van der Waals surface area contributed by atoms with Crippen LogP contribution in [0.2, 0.25) is 0 Å². The number of rotatable bonds is 2. The second kappa shape index (κ2) is 4.32. The smallest absolute Gasteiger partial charge is 0.382 e. The third kappa shape index (κ3) is 2.61. The van der Waals surface area contributed by atoms with Gasteiger partial charge in [0.25, 0.3) is 0 Å². The normalized spacial score (nSPS) is 11.8. The first-order chi connectivity index (χ1) is 8.37. The highest BCUT2D eigenvalue weighted by atomic mass is 19.4. The molecule has 1 aromatic heterocycles. The van der Waals surface area contributed by atoms with Gasteiger partial charge in [0.1, 0.15) is 11.6 Å². The van der Waals surface area contributed by atoms with Crippen LogP contribution in [0.1, 0.15) is 5.56 Å². The van der Waals surface area contributed by atoms with Gasteiger partial charge in [0.05, 0.1) is 12.1 Å². The standard InChI is InChI=1S/C11H9F4N3/c12-7-3-1-6(2-4-7)9-8(5-11(13,14)15)10(16)18-17-9/h1-4H,5H2,(H3,16,17,18). The lowest BCUT2D eigenvalue weighted by Gasteiger charge is -2.07. The highest BCUT2D eigenvalue weighted by Crippen LogP contribution is 2.31. The quantitative estimate of drug-likeness (QED) is 0.815. The summed E-state index contributed by atoms with van der Waals surface area (Å²) in [7, 11) is 0. The molecular weight excluding hydrogens is 250 g/mol. The Balaban J connectivity index is 2.42. The molecule has 0 saturated carbocycles. The molecular formula is C11H9F4N3. The highest BCUT2D eigenvalue weighted by Gasteiger charge is 2.31. The number of nitrogens with zero attached hydrogens (tertiary/aromatic N) is 1. The van der Waals surface area contributed by atoms with Gasteiger partial charge in [0.2, 0.25) is 0 Å². The number of hydrogen-bond donors (Lipinski definition) is 2. The molecule has 0 aliphatic rings. The van der Waals surface area contributed by atoms with Gasteiger partial charge in [-0.05, 0) is 24.3 Å².